The van der Waals surface area contributed by atoms with Crippen LogP contribution in [0.15, 0.2) is 65.7 Å². The van der Waals surface area contributed by atoms with Crippen molar-refractivity contribution in [3.63, 3.8) is 0 Å². The Balaban J connectivity index is 1.63. The summed E-state index contributed by atoms with van der Waals surface area (Å²) in [5.41, 5.74) is 3.02. The van der Waals surface area contributed by atoms with Crippen LogP contribution in [0.5, 0.6) is 0 Å². The third-order valence-corrected chi connectivity index (χ3v) is 5.65. The summed E-state index contributed by atoms with van der Waals surface area (Å²) in [6, 6.07) is 19.7. The molecule has 0 aliphatic heterocycles. The number of ketones is 1. The third kappa shape index (κ3) is 4.12. The minimum Gasteiger partial charge on any atom is -0.322 e. The molecular weight excluding hydrogens is 394 g/mol. The number of thioether (sulfide) groups is 1. The van der Waals surface area contributed by atoms with Crippen LogP contribution in [0, 0.1) is 11.3 Å². The molecular formula is C24H19N3O2S. The van der Waals surface area contributed by atoms with Crippen LogP contribution >= 0.6 is 11.8 Å². The maximum Gasteiger partial charge on any atom is 0.257 e. The minimum absolute atomic E-state index is 0.117. The largest absolute Gasteiger partial charge is 0.322 e. The monoisotopic (exact) mass is 413 g/mol. The van der Waals surface area contributed by atoms with Crippen molar-refractivity contribution in [2.24, 2.45) is 0 Å². The van der Waals surface area contributed by atoms with Crippen molar-refractivity contribution in [3.05, 3.63) is 88.6 Å². The second-order valence-corrected chi connectivity index (χ2v) is 7.89. The molecule has 30 heavy (non-hydrogen) atoms. The zero-order valence-electron chi connectivity index (χ0n) is 16.4. The number of carbonyl (C=O) groups excluding carboxylic acids is 2. The fourth-order valence-corrected chi connectivity index (χ4v) is 3.81. The normalized spacial score (nSPS) is 12.8. The van der Waals surface area contributed by atoms with E-state index in [9.17, 15) is 14.9 Å². The van der Waals surface area contributed by atoms with Crippen molar-refractivity contribution in [2.75, 3.05) is 11.6 Å². The van der Waals surface area contributed by atoms with Crippen LogP contribution in [0.2, 0.25) is 0 Å². The molecule has 1 N–H and O–H groups in total. The van der Waals surface area contributed by atoms with E-state index in [2.05, 4.69) is 16.4 Å². The molecule has 1 aliphatic rings. The Morgan fingerprint density at radius 1 is 1.07 bits per heavy atom. The Morgan fingerprint density at radius 3 is 2.47 bits per heavy atom. The highest BCUT2D eigenvalue weighted by Crippen LogP contribution is 2.40. The second kappa shape index (κ2) is 8.52. The number of carbonyl (C=O) groups is 2. The van der Waals surface area contributed by atoms with Crippen molar-refractivity contribution in [1.29, 1.82) is 5.26 Å². The predicted molar refractivity (Wildman–Crippen MR) is 117 cm³/mol. The number of nitrogens with one attached hydrogen (secondary N) is 1. The number of nitrogens with zero attached hydrogens (tertiary/aromatic N) is 2. The fourth-order valence-electron chi connectivity index (χ4n) is 3.26. The Kier molecular flexibility index (Phi) is 5.64. The van der Waals surface area contributed by atoms with E-state index in [0.717, 1.165) is 18.5 Å². The number of pyridine rings is 1. The molecule has 6 heteroatoms. The van der Waals surface area contributed by atoms with E-state index >= 15 is 0 Å². The maximum atomic E-state index is 13.0. The first-order valence-corrected chi connectivity index (χ1v) is 10.8. The zero-order valence-corrected chi connectivity index (χ0v) is 17.2. The van der Waals surface area contributed by atoms with Crippen LogP contribution < -0.4 is 5.32 Å². The summed E-state index contributed by atoms with van der Waals surface area (Å²) in [6.45, 7) is 0. The average molecular weight is 414 g/mol. The molecule has 0 saturated heterocycles. The molecule has 1 saturated carbocycles. The van der Waals surface area contributed by atoms with Gasteiger partial charge in [-0.25, -0.2) is 4.98 Å². The summed E-state index contributed by atoms with van der Waals surface area (Å²) >= 11 is 1.36. The van der Waals surface area contributed by atoms with E-state index in [1.54, 1.807) is 42.5 Å². The number of benzene rings is 2. The summed E-state index contributed by atoms with van der Waals surface area (Å²) in [7, 11) is 0. The lowest BCUT2D eigenvalue weighted by Gasteiger charge is -2.12. The number of rotatable bonds is 6. The van der Waals surface area contributed by atoms with Gasteiger partial charge in [-0.15, -0.1) is 11.8 Å². The van der Waals surface area contributed by atoms with E-state index in [-0.39, 0.29) is 17.3 Å². The number of anilines is 1. The van der Waals surface area contributed by atoms with E-state index in [4.69, 9.17) is 0 Å². The van der Waals surface area contributed by atoms with Gasteiger partial charge in [-0.2, -0.15) is 5.26 Å². The average Bonchev–Trinajstić information content (AvgIpc) is 3.64. The van der Waals surface area contributed by atoms with Gasteiger partial charge in [0, 0.05) is 28.4 Å². The molecule has 148 valence electrons. The summed E-state index contributed by atoms with van der Waals surface area (Å²) < 4.78 is 0. The molecule has 0 spiro atoms. The lowest BCUT2D eigenvalue weighted by atomic mass is 10.0. The van der Waals surface area contributed by atoms with Gasteiger partial charge in [0.05, 0.1) is 11.1 Å². The first kappa shape index (κ1) is 19.9. The van der Waals surface area contributed by atoms with Gasteiger partial charge in [0.1, 0.15) is 11.1 Å². The molecule has 1 aliphatic carbocycles. The molecule has 0 radical (unpaired) electrons. The lowest BCUT2D eigenvalue weighted by molar-refractivity contribution is 0.102. The number of hydrogen-bond donors (Lipinski definition) is 1. The van der Waals surface area contributed by atoms with Crippen molar-refractivity contribution in [1.82, 2.24) is 4.98 Å². The molecule has 4 rings (SSSR count). The summed E-state index contributed by atoms with van der Waals surface area (Å²) in [5, 5.41) is 13.0. The molecule has 2 aromatic carbocycles. The van der Waals surface area contributed by atoms with Gasteiger partial charge in [-0.1, -0.05) is 42.5 Å². The number of aromatic nitrogens is 1. The Bertz CT molecular complexity index is 1160. The number of amides is 1. The first-order valence-electron chi connectivity index (χ1n) is 9.61. The Morgan fingerprint density at radius 2 is 1.80 bits per heavy atom. The van der Waals surface area contributed by atoms with Gasteiger partial charge in [0.2, 0.25) is 0 Å². The molecule has 5 nitrogen and oxygen atoms in total. The number of nitriles is 1. The van der Waals surface area contributed by atoms with Crippen molar-refractivity contribution in [2.45, 2.75) is 23.8 Å². The SMILES string of the molecule is CSc1nc(C2CC2)cc(C(=O)Nc2cccc(C(=O)c3ccccc3)c2)c1C#N. The molecule has 0 unspecified atom stereocenters. The lowest BCUT2D eigenvalue weighted by Crippen LogP contribution is -2.16. The molecule has 1 aromatic heterocycles. The van der Waals surface area contributed by atoms with Crippen LogP contribution in [-0.4, -0.2) is 22.9 Å². The Hall–Kier alpha value is -3.43. The topological polar surface area (TPSA) is 82.8 Å². The highest BCUT2D eigenvalue weighted by molar-refractivity contribution is 7.98. The highest BCUT2D eigenvalue weighted by Gasteiger charge is 2.28. The summed E-state index contributed by atoms with van der Waals surface area (Å²) in [5.74, 6) is -0.133. The summed E-state index contributed by atoms with van der Waals surface area (Å²) in [4.78, 5) is 30.3. The van der Waals surface area contributed by atoms with Crippen LogP contribution in [0.25, 0.3) is 0 Å². The molecule has 1 heterocycles. The van der Waals surface area contributed by atoms with Gasteiger partial charge >= 0.3 is 0 Å². The quantitative estimate of drug-likeness (QED) is 0.452. The van der Waals surface area contributed by atoms with E-state index in [1.165, 1.54) is 11.8 Å². The fraction of sp³-hybridized carbons (Fsp3) is 0.167. The maximum absolute atomic E-state index is 13.0. The van der Waals surface area contributed by atoms with Crippen LogP contribution in [-0.2, 0) is 0 Å². The standard InChI is InChI=1S/C24H19N3O2S/c1-30-24-20(14-25)19(13-21(27-24)15-10-11-15)23(29)26-18-9-5-8-17(12-18)22(28)16-6-3-2-4-7-16/h2-9,12-13,15H,10-11H2,1H3,(H,26,29). The van der Waals surface area contributed by atoms with Crippen LogP contribution in [0.1, 0.15) is 56.3 Å². The summed E-state index contributed by atoms with van der Waals surface area (Å²) in [6.07, 6.45) is 3.95. The van der Waals surface area contributed by atoms with E-state index in [1.807, 2.05) is 24.5 Å². The first-order chi connectivity index (χ1) is 14.6. The highest BCUT2D eigenvalue weighted by atomic mass is 32.2. The van der Waals surface area contributed by atoms with E-state index in [0.29, 0.717) is 33.3 Å². The van der Waals surface area contributed by atoms with Gasteiger partial charge in [-0.05, 0) is 37.3 Å². The van der Waals surface area contributed by atoms with Crippen molar-refractivity contribution >= 4 is 29.1 Å². The number of hydrogen-bond acceptors (Lipinski definition) is 5. The minimum atomic E-state index is -0.379. The van der Waals surface area contributed by atoms with Gasteiger partial charge < -0.3 is 5.32 Å². The van der Waals surface area contributed by atoms with Crippen LogP contribution in [0.3, 0.4) is 0 Å². The molecule has 1 fully saturated rings. The molecule has 0 atom stereocenters. The Labute approximate surface area is 179 Å². The zero-order chi connectivity index (χ0) is 21.1. The molecule has 0 bridgehead atoms. The smallest absolute Gasteiger partial charge is 0.257 e. The van der Waals surface area contributed by atoms with Gasteiger partial charge in [-0.3, -0.25) is 9.59 Å². The van der Waals surface area contributed by atoms with Gasteiger partial charge in [0.15, 0.2) is 5.78 Å². The van der Waals surface area contributed by atoms with Gasteiger partial charge in [0.25, 0.3) is 5.91 Å². The van der Waals surface area contributed by atoms with Crippen molar-refractivity contribution in [3.8, 4) is 6.07 Å². The molecule has 3 aromatic rings. The van der Waals surface area contributed by atoms with Crippen LogP contribution in [0.4, 0.5) is 5.69 Å². The van der Waals surface area contributed by atoms with Crippen molar-refractivity contribution < 1.29 is 9.59 Å². The second-order valence-electron chi connectivity index (χ2n) is 7.10. The molecule has 1 amide bonds. The van der Waals surface area contributed by atoms with E-state index < -0.39 is 0 Å². The third-order valence-electron chi connectivity index (χ3n) is 4.97. The predicted octanol–water partition coefficient (Wildman–Crippen LogP) is 5.04.